The molecule has 1 N–H and O–H groups in total. The van der Waals surface area contributed by atoms with Gasteiger partial charge in [0.25, 0.3) is 0 Å². The van der Waals surface area contributed by atoms with Crippen LogP contribution in [0.1, 0.15) is 24.2 Å². The van der Waals surface area contributed by atoms with Crippen molar-refractivity contribution >= 4 is 16.6 Å². The van der Waals surface area contributed by atoms with Crippen molar-refractivity contribution in [2.24, 2.45) is 7.05 Å². The van der Waals surface area contributed by atoms with Gasteiger partial charge in [-0.1, -0.05) is 6.07 Å². The predicted molar refractivity (Wildman–Crippen MR) is 81.7 cm³/mol. The van der Waals surface area contributed by atoms with E-state index in [4.69, 9.17) is 0 Å². The van der Waals surface area contributed by atoms with Gasteiger partial charge in [0.05, 0.1) is 17.3 Å². The minimum absolute atomic E-state index is 0.203. The third-order valence-corrected chi connectivity index (χ3v) is 3.54. The highest BCUT2D eigenvalue weighted by atomic mass is 15.3. The molecule has 0 fully saturated rings. The van der Waals surface area contributed by atoms with E-state index in [1.165, 1.54) is 5.56 Å². The maximum Gasteiger partial charge on any atom is 0.0722 e. The van der Waals surface area contributed by atoms with E-state index < -0.39 is 0 Å². The van der Waals surface area contributed by atoms with E-state index in [-0.39, 0.29) is 6.04 Å². The Morgan fingerprint density at radius 2 is 2.05 bits per heavy atom. The fourth-order valence-corrected chi connectivity index (χ4v) is 2.58. The number of aromatic nitrogens is 3. The monoisotopic (exact) mass is 266 g/mol. The number of anilines is 1. The maximum absolute atomic E-state index is 4.40. The molecule has 3 aromatic rings. The van der Waals surface area contributed by atoms with Crippen LogP contribution in [0, 0.1) is 6.92 Å². The fraction of sp³-hybridized carbons (Fsp3) is 0.250. The summed E-state index contributed by atoms with van der Waals surface area (Å²) in [6.07, 6.45) is 3.89. The van der Waals surface area contributed by atoms with Gasteiger partial charge in [-0.2, -0.15) is 5.10 Å². The molecule has 0 aliphatic carbocycles. The topological polar surface area (TPSA) is 42.7 Å². The van der Waals surface area contributed by atoms with E-state index in [9.17, 15) is 0 Å². The Morgan fingerprint density at radius 3 is 2.80 bits per heavy atom. The van der Waals surface area contributed by atoms with Gasteiger partial charge in [-0.25, -0.2) is 0 Å². The van der Waals surface area contributed by atoms with Crippen molar-refractivity contribution in [1.29, 1.82) is 0 Å². The summed E-state index contributed by atoms with van der Waals surface area (Å²) in [6.45, 7) is 4.19. The zero-order valence-electron chi connectivity index (χ0n) is 12.0. The molecule has 4 heteroatoms. The summed E-state index contributed by atoms with van der Waals surface area (Å²) in [5, 5.41) is 9.10. The van der Waals surface area contributed by atoms with Gasteiger partial charge in [0.1, 0.15) is 0 Å². The first-order chi connectivity index (χ1) is 9.65. The van der Waals surface area contributed by atoms with Gasteiger partial charge in [-0.05, 0) is 38.1 Å². The number of hydrogen-bond donors (Lipinski definition) is 1. The Labute approximate surface area is 118 Å². The Morgan fingerprint density at radius 1 is 1.20 bits per heavy atom. The maximum atomic E-state index is 4.40. The van der Waals surface area contributed by atoms with Crippen molar-refractivity contribution in [1.82, 2.24) is 14.8 Å². The van der Waals surface area contributed by atoms with Gasteiger partial charge in [-0.3, -0.25) is 9.67 Å². The second-order valence-electron chi connectivity index (χ2n) is 5.09. The third-order valence-electron chi connectivity index (χ3n) is 3.54. The second-order valence-corrected chi connectivity index (χ2v) is 5.09. The molecule has 0 bridgehead atoms. The first kappa shape index (κ1) is 12.7. The van der Waals surface area contributed by atoms with Crippen LogP contribution in [0.15, 0.2) is 42.7 Å². The van der Waals surface area contributed by atoms with E-state index in [1.807, 2.05) is 43.0 Å². The van der Waals surface area contributed by atoms with Crippen LogP contribution >= 0.6 is 0 Å². The first-order valence-electron chi connectivity index (χ1n) is 6.75. The lowest BCUT2D eigenvalue weighted by Gasteiger charge is -2.16. The molecular weight excluding hydrogens is 248 g/mol. The summed E-state index contributed by atoms with van der Waals surface area (Å²) in [5.41, 5.74) is 4.39. The van der Waals surface area contributed by atoms with Crippen molar-refractivity contribution in [2.45, 2.75) is 19.9 Å². The molecule has 1 unspecified atom stereocenters. The molecule has 20 heavy (non-hydrogen) atoms. The van der Waals surface area contributed by atoms with E-state index in [1.54, 1.807) is 0 Å². The SMILES string of the molecule is Cc1nn(C)cc1C(C)Nc1cccc2ncccc12. The van der Waals surface area contributed by atoms with Gasteiger partial charge in [0, 0.05) is 36.1 Å². The number of pyridine rings is 1. The zero-order chi connectivity index (χ0) is 14.1. The number of nitrogens with one attached hydrogen (secondary N) is 1. The molecule has 1 aromatic carbocycles. The van der Waals surface area contributed by atoms with Crippen LogP contribution in [0.25, 0.3) is 10.9 Å². The molecule has 0 saturated carbocycles. The Hall–Kier alpha value is -2.36. The average Bonchev–Trinajstić information content (AvgIpc) is 2.78. The first-order valence-corrected chi connectivity index (χ1v) is 6.75. The second kappa shape index (κ2) is 4.96. The van der Waals surface area contributed by atoms with Crippen molar-refractivity contribution in [2.75, 3.05) is 5.32 Å². The molecule has 0 aliphatic heterocycles. The summed E-state index contributed by atoms with van der Waals surface area (Å²) in [6, 6.07) is 10.4. The van der Waals surface area contributed by atoms with Gasteiger partial charge in [0.2, 0.25) is 0 Å². The molecule has 0 aliphatic rings. The molecule has 0 spiro atoms. The van der Waals surface area contributed by atoms with Crippen LogP contribution < -0.4 is 5.32 Å². The lowest BCUT2D eigenvalue weighted by atomic mass is 10.1. The van der Waals surface area contributed by atoms with Gasteiger partial charge < -0.3 is 5.32 Å². The Kier molecular flexibility index (Phi) is 3.14. The number of rotatable bonds is 3. The average molecular weight is 266 g/mol. The van der Waals surface area contributed by atoms with Crippen LogP contribution in [0.5, 0.6) is 0 Å². The van der Waals surface area contributed by atoms with Crippen molar-refractivity contribution in [3.8, 4) is 0 Å². The number of fused-ring (bicyclic) bond motifs is 1. The molecule has 4 nitrogen and oxygen atoms in total. The molecule has 0 amide bonds. The predicted octanol–water partition coefficient (Wildman–Crippen LogP) is 3.45. The largest absolute Gasteiger partial charge is 0.378 e. The highest BCUT2D eigenvalue weighted by Crippen LogP contribution is 2.26. The third kappa shape index (κ3) is 2.25. The van der Waals surface area contributed by atoms with Crippen molar-refractivity contribution in [3.63, 3.8) is 0 Å². The summed E-state index contributed by atoms with van der Waals surface area (Å²) >= 11 is 0. The molecule has 2 heterocycles. The Balaban J connectivity index is 1.95. The van der Waals surface area contributed by atoms with Crippen LogP contribution in [-0.4, -0.2) is 14.8 Å². The lowest BCUT2D eigenvalue weighted by molar-refractivity contribution is 0.756. The smallest absolute Gasteiger partial charge is 0.0722 e. The Bertz CT molecular complexity index is 740. The summed E-state index contributed by atoms with van der Waals surface area (Å²) < 4.78 is 1.85. The van der Waals surface area contributed by atoms with Crippen LogP contribution in [-0.2, 0) is 7.05 Å². The minimum Gasteiger partial charge on any atom is -0.378 e. The molecular formula is C16H18N4. The quantitative estimate of drug-likeness (QED) is 0.789. The van der Waals surface area contributed by atoms with Gasteiger partial charge >= 0.3 is 0 Å². The van der Waals surface area contributed by atoms with Crippen LogP contribution in [0.4, 0.5) is 5.69 Å². The van der Waals surface area contributed by atoms with Gasteiger partial charge in [0.15, 0.2) is 0 Å². The molecule has 102 valence electrons. The molecule has 0 saturated heterocycles. The number of aryl methyl sites for hydroxylation is 2. The standard InChI is InChI=1S/C16H18N4/c1-11(14-10-20(3)19-12(14)2)18-16-8-4-7-15-13(16)6-5-9-17-15/h4-11,18H,1-3H3. The summed E-state index contributed by atoms with van der Waals surface area (Å²) in [7, 11) is 1.95. The van der Waals surface area contributed by atoms with Crippen molar-refractivity contribution in [3.05, 3.63) is 54.0 Å². The fourth-order valence-electron chi connectivity index (χ4n) is 2.58. The summed E-state index contributed by atoms with van der Waals surface area (Å²) in [5.74, 6) is 0. The minimum atomic E-state index is 0.203. The van der Waals surface area contributed by atoms with E-state index >= 15 is 0 Å². The zero-order valence-corrected chi connectivity index (χ0v) is 12.0. The summed E-state index contributed by atoms with van der Waals surface area (Å²) in [4.78, 5) is 4.39. The molecule has 3 rings (SSSR count). The number of benzene rings is 1. The van der Waals surface area contributed by atoms with Crippen molar-refractivity contribution < 1.29 is 0 Å². The highest BCUT2D eigenvalue weighted by Gasteiger charge is 2.12. The number of hydrogen-bond acceptors (Lipinski definition) is 3. The van der Waals surface area contributed by atoms with Crippen LogP contribution in [0.2, 0.25) is 0 Å². The molecule has 2 aromatic heterocycles. The highest BCUT2D eigenvalue weighted by molar-refractivity contribution is 5.91. The van der Waals surface area contributed by atoms with Crippen LogP contribution in [0.3, 0.4) is 0 Å². The molecule has 1 atom stereocenters. The lowest BCUT2D eigenvalue weighted by Crippen LogP contribution is -2.07. The van der Waals surface area contributed by atoms with E-state index in [2.05, 4.69) is 40.7 Å². The van der Waals surface area contributed by atoms with Gasteiger partial charge in [-0.15, -0.1) is 0 Å². The molecule has 0 radical (unpaired) electrons. The van der Waals surface area contributed by atoms with E-state index in [0.717, 1.165) is 22.3 Å². The van der Waals surface area contributed by atoms with E-state index in [0.29, 0.717) is 0 Å². The normalized spacial score (nSPS) is 12.6. The number of nitrogens with zero attached hydrogens (tertiary/aromatic N) is 3.